The fourth-order valence-corrected chi connectivity index (χ4v) is 1.58. The smallest absolute Gasteiger partial charge is 0.225 e. The molecule has 1 saturated carbocycles. The summed E-state index contributed by atoms with van der Waals surface area (Å²) >= 11 is 0. The first kappa shape index (κ1) is 12.9. The second-order valence-corrected chi connectivity index (χ2v) is 4.57. The van der Waals surface area contributed by atoms with E-state index >= 15 is 0 Å². The monoisotopic (exact) mass is 252 g/mol. The highest BCUT2D eigenvalue weighted by atomic mass is 16.5. The van der Waals surface area contributed by atoms with Crippen LogP contribution >= 0.6 is 0 Å². The Bertz CT molecular complexity index is 396. The molecule has 0 spiro atoms. The average Bonchev–Trinajstić information content (AvgIpc) is 3.17. The van der Waals surface area contributed by atoms with Crippen LogP contribution in [0.1, 0.15) is 12.8 Å². The van der Waals surface area contributed by atoms with Crippen LogP contribution in [0.3, 0.4) is 0 Å². The van der Waals surface area contributed by atoms with Crippen molar-refractivity contribution in [3.8, 4) is 5.88 Å². The molecule has 0 aromatic carbocycles. The van der Waals surface area contributed by atoms with Gasteiger partial charge in [0.25, 0.3) is 0 Å². The number of nitrogens with zero attached hydrogens (tertiary/aromatic N) is 3. The molecule has 2 N–H and O–H groups in total. The maximum absolute atomic E-state index is 5.62. The lowest BCUT2D eigenvalue weighted by Gasteiger charge is -2.18. The maximum atomic E-state index is 5.62. The zero-order valence-electron chi connectivity index (χ0n) is 10.9. The Labute approximate surface area is 107 Å². The van der Waals surface area contributed by atoms with E-state index in [1.807, 2.05) is 11.9 Å². The van der Waals surface area contributed by atoms with Crippen molar-refractivity contribution in [1.29, 1.82) is 0 Å². The van der Waals surface area contributed by atoms with Crippen molar-refractivity contribution in [1.82, 2.24) is 9.97 Å². The van der Waals surface area contributed by atoms with E-state index in [-0.39, 0.29) is 5.95 Å². The van der Waals surface area contributed by atoms with Crippen molar-refractivity contribution >= 4 is 11.8 Å². The molecule has 6 nitrogen and oxygen atoms in total. The third kappa shape index (κ3) is 3.73. The number of hydrogen-bond acceptors (Lipinski definition) is 6. The Kier molecular flexibility index (Phi) is 4.19. The summed E-state index contributed by atoms with van der Waals surface area (Å²) in [5.41, 5.74) is 5.62. The van der Waals surface area contributed by atoms with Crippen LogP contribution < -0.4 is 15.4 Å². The summed E-state index contributed by atoms with van der Waals surface area (Å²) in [5, 5.41) is 0. The lowest BCUT2D eigenvalue weighted by atomic mass is 10.4. The van der Waals surface area contributed by atoms with E-state index in [9.17, 15) is 0 Å². The van der Waals surface area contributed by atoms with Gasteiger partial charge in [-0.25, -0.2) is 0 Å². The van der Waals surface area contributed by atoms with Crippen molar-refractivity contribution in [2.75, 3.05) is 44.5 Å². The van der Waals surface area contributed by atoms with Gasteiger partial charge in [0.05, 0.1) is 13.7 Å². The van der Waals surface area contributed by atoms with Gasteiger partial charge in [-0.3, -0.25) is 0 Å². The minimum absolute atomic E-state index is 0.218. The first-order chi connectivity index (χ1) is 8.69. The van der Waals surface area contributed by atoms with Gasteiger partial charge in [-0.1, -0.05) is 0 Å². The van der Waals surface area contributed by atoms with E-state index in [4.69, 9.17) is 15.2 Å². The molecule has 1 aromatic rings. The van der Waals surface area contributed by atoms with Gasteiger partial charge >= 0.3 is 0 Å². The number of nitrogen functional groups attached to an aromatic ring is 1. The van der Waals surface area contributed by atoms with Crippen LogP contribution in [-0.4, -0.2) is 43.9 Å². The van der Waals surface area contributed by atoms with Gasteiger partial charge in [-0.05, 0) is 18.8 Å². The molecule has 1 aromatic heterocycles. The second kappa shape index (κ2) is 5.86. The Balaban J connectivity index is 1.82. The Morgan fingerprint density at radius 2 is 2.22 bits per heavy atom. The number of likely N-dealkylation sites (N-methyl/N-ethyl adjacent to an activating group) is 1. The van der Waals surface area contributed by atoms with Gasteiger partial charge in [0.1, 0.15) is 5.82 Å². The molecule has 0 aliphatic heterocycles. The number of methoxy groups -OCH3 is 1. The Morgan fingerprint density at radius 3 is 2.89 bits per heavy atom. The van der Waals surface area contributed by atoms with Crippen molar-refractivity contribution < 1.29 is 9.47 Å². The van der Waals surface area contributed by atoms with E-state index < -0.39 is 0 Å². The molecule has 1 heterocycles. The molecule has 18 heavy (non-hydrogen) atoms. The van der Waals surface area contributed by atoms with E-state index in [2.05, 4.69) is 9.97 Å². The van der Waals surface area contributed by atoms with Gasteiger partial charge in [0.15, 0.2) is 0 Å². The van der Waals surface area contributed by atoms with Gasteiger partial charge in [-0.2, -0.15) is 9.97 Å². The van der Waals surface area contributed by atoms with Crippen molar-refractivity contribution in [2.24, 2.45) is 5.92 Å². The number of aromatic nitrogens is 2. The Hall–Kier alpha value is -1.56. The van der Waals surface area contributed by atoms with E-state index in [1.54, 1.807) is 13.2 Å². The molecule has 0 unspecified atom stereocenters. The summed E-state index contributed by atoms with van der Waals surface area (Å²) in [5.74, 6) is 2.23. The van der Waals surface area contributed by atoms with E-state index in [1.165, 1.54) is 12.8 Å². The molecular formula is C12H20N4O2. The van der Waals surface area contributed by atoms with Crippen LogP contribution in [-0.2, 0) is 4.74 Å². The van der Waals surface area contributed by atoms with Crippen LogP contribution in [0.4, 0.5) is 11.8 Å². The van der Waals surface area contributed by atoms with Gasteiger partial charge in [0.2, 0.25) is 11.8 Å². The molecule has 0 radical (unpaired) electrons. The summed E-state index contributed by atoms with van der Waals surface area (Å²) in [4.78, 5) is 10.1. The molecule has 6 heteroatoms. The lowest BCUT2D eigenvalue weighted by molar-refractivity contribution is 0.131. The van der Waals surface area contributed by atoms with Crippen LogP contribution in [0, 0.1) is 5.92 Å². The summed E-state index contributed by atoms with van der Waals surface area (Å²) < 4.78 is 10.7. The van der Waals surface area contributed by atoms with Crippen LogP contribution in [0.2, 0.25) is 0 Å². The normalized spacial score (nSPS) is 14.6. The molecule has 0 atom stereocenters. The standard InChI is InChI=1S/C12H20N4O2/c1-16(5-6-18-8-9-3-4-9)10-7-11(17-2)15-12(13)14-10/h7,9H,3-6,8H2,1-2H3,(H2,13,14,15). The van der Waals surface area contributed by atoms with Gasteiger partial charge in [-0.15, -0.1) is 0 Å². The van der Waals surface area contributed by atoms with Crippen LogP contribution in [0.15, 0.2) is 6.07 Å². The zero-order chi connectivity index (χ0) is 13.0. The largest absolute Gasteiger partial charge is 0.481 e. The Morgan fingerprint density at radius 1 is 1.44 bits per heavy atom. The van der Waals surface area contributed by atoms with Crippen LogP contribution in [0.5, 0.6) is 5.88 Å². The minimum Gasteiger partial charge on any atom is -0.481 e. The highest BCUT2D eigenvalue weighted by Crippen LogP contribution is 2.28. The topological polar surface area (TPSA) is 73.5 Å². The predicted octanol–water partition coefficient (Wildman–Crippen LogP) is 0.930. The maximum Gasteiger partial charge on any atom is 0.225 e. The molecule has 1 aliphatic rings. The first-order valence-corrected chi connectivity index (χ1v) is 6.16. The number of nitrogens with two attached hydrogens (primary N) is 1. The first-order valence-electron chi connectivity index (χ1n) is 6.16. The fraction of sp³-hybridized carbons (Fsp3) is 0.667. The molecule has 2 rings (SSSR count). The number of anilines is 2. The molecule has 1 aliphatic carbocycles. The van der Waals surface area contributed by atoms with Crippen LogP contribution in [0.25, 0.3) is 0 Å². The summed E-state index contributed by atoms with van der Waals surface area (Å²) in [6, 6.07) is 1.76. The third-order valence-corrected chi connectivity index (χ3v) is 2.93. The van der Waals surface area contributed by atoms with Gasteiger partial charge in [0, 0.05) is 26.3 Å². The molecule has 0 saturated heterocycles. The SMILES string of the molecule is COc1cc(N(C)CCOCC2CC2)nc(N)n1. The minimum atomic E-state index is 0.218. The quantitative estimate of drug-likeness (QED) is 0.728. The average molecular weight is 252 g/mol. The van der Waals surface area contributed by atoms with E-state index in [0.29, 0.717) is 12.5 Å². The zero-order valence-corrected chi connectivity index (χ0v) is 10.9. The third-order valence-electron chi connectivity index (χ3n) is 2.93. The van der Waals surface area contributed by atoms with Gasteiger partial charge < -0.3 is 20.1 Å². The van der Waals surface area contributed by atoms with Crippen molar-refractivity contribution in [2.45, 2.75) is 12.8 Å². The number of rotatable bonds is 7. The second-order valence-electron chi connectivity index (χ2n) is 4.57. The fourth-order valence-electron chi connectivity index (χ4n) is 1.58. The molecule has 100 valence electrons. The van der Waals surface area contributed by atoms with E-state index in [0.717, 1.165) is 24.9 Å². The molecule has 0 amide bonds. The van der Waals surface area contributed by atoms with Crippen molar-refractivity contribution in [3.05, 3.63) is 6.07 Å². The number of ether oxygens (including phenoxy) is 2. The molecule has 1 fully saturated rings. The summed E-state index contributed by atoms with van der Waals surface area (Å²) in [6.07, 6.45) is 2.63. The number of hydrogen-bond donors (Lipinski definition) is 1. The highest BCUT2D eigenvalue weighted by molar-refractivity contribution is 5.44. The molecule has 0 bridgehead atoms. The highest BCUT2D eigenvalue weighted by Gasteiger charge is 2.21. The molecular weight excluding hydrogens is 232 g/mol. The lowest BCUT2D eigenvalue weighted by Crippen LogP contribution is -2.24. The predicted molar refractivity (Wildman–Crippen MR) is 69.8 cm³/mol. The van der Waals surface area contributed by atoms with Crippen molar-refractivity contribution in [3.63, 3.8) is 0 Å². The summed E-state index contributed by atoms with van der Waals surface area (Å²) in [6.45, 7) is 2.34. The summed E-state index contributed by atoms with van der Waals surface area (Å²) in [7, 11) is 3.51.